The van der Waals surface area contributed by atoms with Gasteiger partial charge in [0.15, 0.2) is 0 Å². The van der Waals surface area contributed by atoms with E-state index >= 15 is 0 Å². The van der Waals surface area contributed by atoms with Gasteiger partial charge in [0.25, 0.3) is 0 Å². The Balaban J connectivity index is 5.35. The second kappa shape index (κ2) is 28.8. The van der Waals surface area contributed by atoms with Crippen LogP contribution in [0.5, 0.6) is 0 Å². The highest BCUT2D eigenvalue weighted by molar-refractivity contribution is 5.71. The van der Waals surface area contributed by atoms with Crippen molar-refractivity contribution in [2.24, 2.45) is 11.8 Å². The predicted octanol–water partition coefficient (Wildman–Crippen LogP) is 9.26. The lowest BCUT2D eigenvalue weighted by Crippen LogP contribution is -2.53. The SMILES string of the molecule is CCCCC=CCCCCCCCCC(C(=O)O)C(C[N+](C)(C)C)OC(C[N+](C)(C)C)C(CCC(O)CCCCCC=CCCCC)C(=O)O. The molecule has 0 saturated heterocycles. The largest absolute Gasteiger partial charge is 0.481 e. The van der Waals surface area contributed by atoms with Crippen molar-refractivity contribution in [3.05, 3.63) is 24.3 Å². The molecule has 0 saturated carbocycles. The van der Waals surface area contributed by atoms with Gasteiger partial charge in [-0.2, -0.15) is 0 Å². The average Bonchev–Trinajstić information content (AvgIpc) is 3.00. The highest BCUT2D eigenvalue weighted by atomic mass is 16.5. The van der Waals surface area contributed by atoms with Gasteiger partial charge in [-0.25, -0.2) is 0 Å². The smallest absolute Gasteiger partial charge is 0.309 e. The molecule has 0 aliphatic heterocycles. The van der Waals surface area contributed by atoms with Gasteiger partial charge >= 0.3 is 11.9 Å². The fraction of sp³-hybridized carbons (Fsp3) is 0.857. The molecular weight excluding hydrogens is 628 g/mol. The lowest BCUT2D eigenvalue weighted by atomic mass is 9.91. The Morgan fingerprint density at radius 1 is 0.520 bits per heavy atom. The fourth-order valence-electron chi connectivity index (χ4n) is 6.56. The summed E-state index contributed by atoms with van der Waals surface area (Å²) in [7, 11) is 12.1. The molecule has 0 radical (unpaired) electrons. The number of unbranched alkanes of at least 4 members (excludes halogenated alkanes) is 13. The highest BCUT2D eigenvalue weighted by Gasteiger charge is 2.40. The number of aliphatic hydroxyl groups is 1. The minimum atomic E-state index is -0.946. The van der Waals surface area contributed by atoms with E-state index in [9.17, 15) is 24.9 Å². The summed E-state index contributed by atoms with van der Waals surface area (Å²) < 4.78 is 7.72. The van der Waals surface area contributed by atoms with Gasteiger partial charge < -0.3 is 29.0 Å². The number of quaternary nitrogens is 2. The summed E-state index contributed by atoms with van der Waals surface area (Å²) in [4.78, 5) is 25.5. The topological polar surface area (TPSA) is 104 Å². The number of ether oxygens (including phenoxy) is 1. The van der Waals surface area contributed by atoms with E-state index in [1.54, 1.807) is 0 Å². The Morgan fingerprint density at radius 2 is 0.880 bits per heavy atom. The lowest BCUT2D eigenvalue weighted by Gasteiger charge is -2.38. The monoisotopic (exact) mass is 711 g/mol. The van der Waals surface area contributed by atoms with Gasteiger partial charge in [-0.05, 0) is 64.2 Å². The van der Waals surface area contributed by atoms with Crippen molar-refractivity contribution >= 4 is 11.9 Å². The van der Waals surface area contributed by atoms with Crippen LogP contribution in [0.1, 0.15) is 149 Å². The molecule has 5 atom stereocenters. The zero-order chi connectivity index (χ0) is 37.8. The molecular formula is C42H82N2O6+2. The second-order valence-electron chi connectivity index (χ2n) is 16.8. The van der Waals surface area contributed by atoms with Gasteiger partial charge in [0.1, 0.15) is 25.3 Å². The molecule has 3 N–H and O–H groups in total. The summed E-state index contributed by atoms with van der Waals surface area (Å²) in [5, 5.41) is 31.6. The number of hydrogen-bond acceptors (Lipinski definition) is 4. The number of allylic oxidation sites excluding steroid dienone is 4. The second-order valence-corrected chi connectivity index (χ2v) is 16.8. The number of carbonyl (C=O) groups is 2. The van der Waals surface area contributed by atoms with E-state index in [0.29, 0.717) is 47.7 Å². The van der Waals surface area contributed by atoms with Crippen molar-refractivity contribution in [3.8, 4) is 0 Å². The van der Waals surface area contributed by atoms with Crippen LogP contribution in [0.2, 0.25) is 0 Å². The van der Waals surface area contributed by atoms with Crippen LogP contribution < -0.4 is 0 Å². The normalized spacial score (nSPS) is 15.8. The van der Waals surface area contributed by atoms with Gasteiger partial charge in [0.2, 0.25) is 0 Å². The van der Waals surface area contributed by atoms with Gasteiger partial charge in [0.05, 0.1) is 60.2 Å². The Labute approximate surface area is 308 Å². The van der Waals surface area contributed by atoms with Gasteiger partial charge in [-0.3, -0.25) is 9.59 Å². The van der Waals surface area contributed by atoms with Crippen LogP contribution in [-0.4, -0.2) is 110 Å². The third-order valence-corrected chi connectivity index (χ3v) is 9.47. The van der Waals surface area contributed by atoms with Crippen LogP contribution in [0.25, 0.3) is 0 Å². The van der Waals surface area contributed by atoms with Crippen molar-refractivity contribution in [1.82, 2.24) is 0 Å². The number of likely N-dealkylation sites (N-methyl/N-ethyl adjacent to an activating group) is 2. The molecule has 0 aliphatic rings. The number of carboxylic acids is 2. The molecule has 0 aromatic heterocycles. The van der Waals surface area contributed by atoms with E-state index in [4.69, 9.17) is 4.74 Å². The molecule has 0 bridgehead atoms. The van der Waals surface area contributed by atoms with E-state index in [0.717, 1.165) is 64.2 Å². The summed E-state index contributed by atoms with van der Waals surface area (Å²) in [6, 6.07) is 0. The maximum absolute atomic E-state index is 12.7. The third kappa shape index (κ3) is 27.9. The zero-order valence-electron chi connectivity index (χ0n) is 33.9. The number of aliphatic hydroxyl groups excluding tert-OH is 1. The van der Waals surface area contributed by atoms with E-state index in [1.807, 2.05) is 42.3 Å². The van der Waals surface area contributed by atoms with Gasteiger partial charge in [-0.1, -0.05) is 109 Å². The van der Waals surface area contributed by atoms with Crippen molar-refractivity contribution in [3.63, 3.8) is 0 Å². The van der Waals surface area contributed by atoms with Crippen LogP contribution in [0.15, 0.2) is 24.3 Å². The summed E-state index contributed by atoms with van der Waals surface area (Å²) in [6.07, 6.45) is 28.1. The first kappa shape index (κ1) is 48.3. The summed E-state index contributed by atoms with van der Waals surface area (Å²) in [5.41, 5.74) is 0. The molecule has 294 valence electrons. The molecule has 8 nitrogen and oxygen atoms in total. The van der Waals surface area contributed by atoms with Crippen LogP contribution in [0.3, 0.4) is 0 Å². The lowest BCUT2D eigenvalue weighted by molar-refractivity contribution is -0.879. The van der Waals surface area contributed by atoms with Crippen LogP contribution in [0.4, 0.5) is 0 Å². The maximum Gasteiger partial charge on any atom is 0.309 e. The first-order valence-corrected chi connectivity index (χ1v) is 20.3. The van der Waals surface area contributed by atoms with Crippen LogP contribution >= 0.6 is 0 Å². The minimum Gasteiger partial charge on any atom is -0.481 e. The number of nitrogens with zero attached hydrogens (tertiary/aromatic N) is 2. The minimum absolute atomic E-state index is 0.296. The van der Waals surface area contributed by atoms with E-state index in [-0.39, 0.29) is 0 Å². The van der Waals surface area contributed by atoms with Crippen LogP contribution in [-0.2, 0) is 14.3 Å². The third-order valence-electron chi connectivity index (χ3n) is 9.47. The molecule has 50 heavy (non-hydrogen) atoms. The van der Waals surface area contributed by atoms with Crippen molar-refractivity contribution in [1.29, 1.82) is 0 Å². The van der Waals surface area contributed by atoms with Crippen molar-refractivity contribution in [2.75, 3.05) is 55.4 Å². The number of rotatable bonds is 34. The van der Waals surface area contributed by atoms with Crippen molar-refractivity contribution in [2.45, 2.75) is 167 Å². The molecule has 8 heteroatoms. The van der Waals surface area contributed by atoms with Crippen molar-refractivity contribution < 1.29 is 38.6 Å². The van der Waals surface area contributed by atoms with Crippen LogP contribution in [0, 0.1) is 11.8 Å². The Hall–Kier alpha value is -1.74. The summed E-state index contributed by atoms with van der Waals surface area (Å²) in [5.74, 6) is -3.36. The average molecular weight is 711 g/mol. The molecule has 0 aliphatic carbocycles. The molecule has 0 amide bonds. The Bertz CT molecular complexity index is 907. The number of carboxylic acid groups (broad SMARTS) is 2. The van der Waals surface area contributed by atoms with Gasteiger partial charge in [0, 0.05) is 0 Å². The summed E-state index contributed by atoms with van der Waals surface area (Å²) >= 11 is 0. The number of hydrogen-bond donors (Lipinski definition) is 3. The molecule has 0 aromatic rings. The molecule has 5 unspecified atom stereocenters. The molecule has 0 rings (SSSR count). The highest BCUT2D eigenvalue weighted by Crippen LogP contribution is 2.27. The van der Waals surface area contributed by atoms with E-state index in [1.165, 1.54) is 44.9 Å². The van der Waals surface area contributed by atoms with Gasteiger partial charge in [-0.15, -0.1) is 0 Å². The fourth-order valence-corrected chi connectivity index (χ4v) is 6.56. The zero-order valence-corrected chi connectivity index (χ0v) is 33.9. The van der Waals surface area contributed by atoms with E-state index < -0.39 is 42.1 Å². The molecule has 0 fully saturated rings. The summed E-state index contributed by atoms with van der Waals surface area (Å²) in [6.45, 7) is 5.33. The first-order valence-electron chi connectivity index (χ1n) is 20.3. The number of aliphatic carboxylic acids is 2. The quantitative estimate of drug-likeness (QED) is 0.0350. The standard InChI is InChI=1S/C42H80N2O6/c1-9-11-13-15-17-19-20-21-23-25-27-29-31-37(41(46)47)39(34-43(3,4)5)50-40(35-44(6,7)8)38(42(48)49)33-32-36(45)30-28-26-24-22-18-16-14-12-10-2/h15-18,36-40,45H,9-14,19-35H2,1-8H3/p+2. The Kier molecular flexibility index (Phi) is 27.8. The molecule has 0 heterocycles. The van der Waals surface area contributed by atoms with E-state index in [2.05, 4.69) is 38.2 Å². The molecule has 0 spiro atoms. The maximum atomic E-state index is 12.7. The Morgan fingerprint density at radius 3 is 1.30 bits per heavy atom. The molecule has 0 aromatic carbocycles. The first-order chi connectivity index (χ1) is 23.6. The predicted molar refractivity (Wildman–Crippen MR) is 209 cm³/mol.